The highest BCUT2D eigenvalue weighted by molar-refractivity contribution is 4.72. The Balaban J connectivity index is 2.24. The Morgan fingerprint density at radius 3 is 2.33 bits per heavy atom. The maximum atomic E-state index is 5.23. The van der Waals surface area contributed by atoms with E-state index in [2.05, 4.69) is 6.92 Å². The lowest BCUT2D eigenvalue weighted by molar-refractivity contribution is 0.0694. The van der Waals surface area contributed by atoms with Crippen molar-refractivity contribution in [3.8, 4) is 0 Å². The monoisotopic (exact) mass is 128 g/mol. The van der Waals surface area contributed by atoms with Gasteiger partial charge in [0.1, 0.15) is 0 Å². The van der Waals surface area contributed by atoms with Gasteiger partial charge < -0.3 is 4.74 Å². The second-order valence-corrected chi connectivity index (χ2v) is 2.99. The lowest BCUT2D eigenvalue weighted by atomic mass is 10.0. The van der Waals surface area contributed by atoms with Crippen molar-refractivity contribution in [3.63, 3.8) is 0 Å². The van der Waals surface area contributed by atoms with Crippen molar-refractivity contribution < 1.29 is 4.74 Å². The van der Waals surface area contributed by atoms with Crippen molar-refractivity contribution in [2.75, 3.05) is 7.11 Å². The lowest BCUT2D eigenvalue weighted by Gasteiger charge is -2.15. The number of methoxy groups -OCH3 is 1. The molecular weight excluding hydrogens is 112 g/mol. The molecule has 0 bridgehead atoms. The Morgan fingerprint density at radius 1 is 1.33 bits per heavy atom. The first-order valence-electron chi connectivity index (χ1n) is 3.87. The number of rotatable bonds is 2. The molecule has 0 heterocycles. The molecule has 54 valence electrons. The zero-order valence-corrected chi connectivity index (χ0v) is 6.39. The Morgan fingerprint density at radius 2 is 1.89 bits per heavy atom. The van der Waals surface area contributed by atoms with Gasteiger partial charge in [0, 0.05) is 7.11 Å². The molecule has 0 spiro atoms. The van der Waals surface area contributed by atoms with Crippen molar-refractivity contribution >= 4 is 0 Å². The minimum atomic E-state index is 0.493. The largest absolute Gasteiger partial charge is 0.381 e. The van der Waals surface area contributed by atoms with Gasteiger partial charge in [0.05, 0.1) is 6.10 Å². The molecule has 0 saturated heterocycles. The van der Waals surface area contributed by atoms with Crippen molar-refractivity contribution in [1.29, 1.82) is 0 Å². The van der Waals surface area contributed by atoms with Crippen LogP contribution in [0.1, 0.15) is 32.6 Å². The van der Waals surface area contributed by atoms with Gasteiger partial charge in [0.2, 0.25) is 0 Å². The van der Waals surface area contributed by atoms with Gasteiger partial charge in [-0.25, -0.2) is 0 Å². The summed E-state index contributed by atoms with van der Waals surface area (Å²) in [6, 6.07) is 0. The van der Waals surface area contributed by atoms with E-state index in [9.17, 15) is 0 Å². The zero-order chi connectivity index (χ0) is 6.69. The average molecular weight is 128 g/mol. The maximum Gasteiger partial charge on any atom is 0.0571 e. The van der Waals surface area contributed by atoms with E-state index in [1.807, 2.05) is 7.11 Å². The third kappa shape index (κ3) is 1.68. The van der Waals surface area contributed by atoms with Crippen LogP contribution in [0.25, 0.3) is 0 Å². The third-order valence-corrected chi connectivity index (χ3v) is 2.44. The summed E-state index contributed by atoms with van der Waals surface area (Å²) < 4.78 is 5.23. The fraction of sp³-hybridized carbons (Fsp3) is 1.00. The molecule has 0 radical (unpaired) electrons. The normalized spacial score (nSPS) is 24.7. The predicted molar refractivity (Wildman–Crippen MR) is 38.4 cm³/mol. The molecule has 1 atom stereocenters. The average Bonchev–Trinajstić information content (AvgIpc) is 2.37. The van der Waals surface area contributed by atoms with Gasteiger partial charge >= 0.3 is 0 Å². The Bertz CT molecular complexity index is 74.6. The molecule has 1 fully saturated rings. The molecule has 1 heteroatoms. The lowest BCUT2D eigenvalue weighted by Crippen LogP contribution is -2.15. The molecule has 9 heavy (non-hydrogen) atoms. The van der Waals surface area contributed by atoms with E-state index in [1.54, 1.807) is 0 Å². The Labute approximate surface area is 57.4 Å². The minimum absolute atomic E-state index is 0.493. The summed E-state index contributed by atoms with van der Waals surface area (Å²) in [5.74, 6) is 0.856. The van der Waals surface area contributed by atoms with E-state index in [0.29, 0.717) is 6.10 Å². The van der Waals surface area contributed by atoms with Crippen molar-refractivity contribution in [1.82, 2.24) is 0 Å². The molecule has 0 aromatic rings. The number of hydrogen-bond donors (Lipinski definition) is 0. The molecule has 1 saturated carbocycles. The quantitative estimate of drug-likeness (QED) is 0.554. The highest BCUT2D eigenvalue weighted by atomic mass is 16.5. The van der Waals surface area contributed by atoms with Crippen LogP contribution < -0.4 is 0 Å². The van der Waals surface area contributed by atoms with Gasteiger partial charge in [-0.05, 0) is 25.7 Å². The van der Waals surface area contributed by atoms with Gasteiger partial charge in [0.15, 0.2) is 0 Å². The first kappa shape index (κ1) is 7.07. The minimum Gasteiger partial charge on any atom is -0.381 e. The SMILES string of the molecule is CO[C@H](C)C1CCCC1. The summed E-state index contributed by atoms with van der Waals surface area (Å²) in [7, 11) is 1.81. The first-order valence-corrected chi connectivity index (χ1v) is 3.87. The van der Waals surface area contributed by atoms with E-state index in [0.717, 1.165) is 5.92 Å². The van der Waals surface area contributed by atoms with Gasteiger partial charge in [-0.2, -0.15) is 0 Å². The van der Waals surface area contributed by atoms with Crippen molar-refractivity contribution in [2.24, 2.45) is 5.92 Å². The fourth-order valence-electron chi connectivity index (χ4n) is 1.62. The summed E-state index contributed by atoms with van der Waals surface area (Å²) in [5.41, 5.74) is 0. The number of hydrogen-bond acceptors (Lipinski definition) is 1. The second kappa shape index (κ2) is 3.21. The zero-order valence-electron chi connectivity index (χ0n) is 6.39. The van der Waals surface area contributed by atoms with Crippen LogP contribution in [0.15, 0.2) is 0 Å². The highest BCUT2D eigenvalue weighted by Gasteiger charge is 2.20. The second-order valence-electron chi connectivity index (χ2n) is 2.99. The summed E-state index contributed by atoms with van der Waals surface area (Å²) in [4.78, 5) is 0. The Hall–Kier alpha value is -0.0400. The highest BCUT2D eigenvalue weighted by Crippen LogP contribution is 2.28. The molecule has 0 aliphatic heterocycles. The predicted octanol–water partition coefficient (Wildman–Crippen LogP) is 2.21. The molecule has 1 rings (SSSR count). The summed E-state index contributed by atoms with van der Waals surface area (Å²) in [6.45, 7) is 2.18. The van der Waals surface area contributed by atoms with Gasteiger partial charge in [-0.15, -0.1) is 0 Å². The molecule has 0 amide bonds. The van der Waals surface area contributed by atoms with Crippen LogP contribution in [-0.2, 0) is 4.74 Å². The number of ether oxygens (including phenoxy) is 1. The topological polar surface area (TPSA) is 9.23 Å². The van der Waals surface area contributed by atoms with Crippen LogP contribution in [0.4, 0.5) is 0 Å². The molecule has 1 nitrogen and oxygen atoms in total. The van der Waals surface area contributed by atoms with Crippen LogP contribution in [0.2, 0.25) is 0 Å². The van der Waals surface area contributed by atoms with Crippen LogP contribution in [0.3, 0.4) is 0 Å². The molecule has 0 aromatic carbocycles. The van der Waals surface area contributed by atoms with Crippen LogP contribution in [-0.4, -0.2) is 13.2 Å². The fourth-order valence-corrected chi connectivity index (χ4v) is 1.62. The maximum absolute atomic E-state index is 5.23. The van der Waals surface area contributed by atoms with Crippen LogP contribution in [0.5, 0.6) is 0 Å². The van der Waals surface area contributed by atoms with E-state index < -0.39 is 0 Å². The molecular formula is C8H16O. The van der Waals surface area contributed by atoms with E-state index in [4.69, 9.17) is 4.74 Å². The van der Waals surface area contributed by atoms with Gasteiger partial charge in [-0.1, -0.05) is 12.8 Å². The molecule has 0 N–H and O–H groups in total. The molecule has 0 unspecified atom stereocenters. The molecule has 1 aliphatic carbocycles. The van der Waals surface area contributed by atoms with Crippen molar-refractivity contribution in [2.45, 2.75) is 38.7 Å². The summed E-state index contributed by atoms with van der Waals surface area (Å²) in [6.07, 6.45) is 6.09. The third-order valence-electron chi connectivity index (χ3n) is 2.44. The van der Waals surface area contributed by atoms with Crippen LogP contribution >= 0.6 is 0 Å². The van der Waals surface area contributed by atoms with Crippen molar-refractivity contribution in [3.05, 3.63) is 0 Å². The van der Waals surface area contributed by atoms with E-state index >= 15 is 0 Å². The molecule has 1 aliphatic rings. The first-order chi connectivity index (χ1) is 4.34. The Kier molecular flexibility index (Phi) is 2.52. The van der Waals surface area contributed by atoms with Gasteiger partial charge in [-0.3, -0.25) is 0 Å². The van der Waals surface area contributed by atoms with E-state index in [1.165, 1.54) is 25.7 Å². The summed E-state index contributed by atoms with van der Waals surface area (Å²) >= 11 is 0. The summed E-state index contributed by atoms with van der Waals surface area (Å²) in [5, 5.41) is 0. The van der Waals surface area contributed by atoms with E-state index in [-0.39, 0.29) is 0 Å². The van der Waals surface area contributed by atoms with Crippen LogP contribution in [0, 0.1) is 5.92 Å². The van der Waals surface area contributed by atoms with Gasteiger partial charge in [0.25, 0.3) is 0 Å². The molecule has 0 aromatic heterocycles. The standard InChI is InChI=1S/C8H16O/c1-7(9-2)8-5-3-4-6-8/h7-8H,3-6H2,1-2H3/t7-/m1/s1. The smallest absolute Gasteiger partial charge is 0.0571 e.